The Labute approximate surface area is 100 Å². The molecule has 4 nitrogen and oxygen atoms in total. The lowest BCUT2D eigenvalue weighted by molar-refractivity contribution is 0.102. The van der Waals surface area contributed by atoms with Gasteiger partial charge in [-0.25, -0.2) is 0 Å². The summed E-state index contributed by atoms with van der Waals surface area (Å²) in [6, 6.07) is 9.51. The third-order valence-corrected chi connectivity index (χ3v) is 2.57. The molecule has 0 radical (unpaired) electrons. The molecule has 17 heavy (non-hydrogen) atoms. The summed E-state index contributed by atoms with van der Waals surface area (Å²) in [4.78, 5) is 11.8. The number of carbonyl (C=O) groups excluding carboxylic acids is 1. The van der Waals surface area contributed by atoms with Crippen molar-refractivity contribution in [1.29, 1.82) is 0 Å². The first-order valence-electron chi connectivity index (χ1n) is 5.59. The van der Waals surface area contributed by atoms with Crippen LogP contribution < -0.4 is 5.32 Å². The fourth-order valence-electron chi connectivity index (χ4n) is 1.56. The van der Waals surface area contributed by atoms with Crippen LogP contribution in [0.4, 0.5) is 5.69 Å². The first-order chi connectivity index (χ1) is 8.19. The minimum absolute atomic E-state index is 0.185. The molecule has 0 aliphatic carbocycles. The Bertz CT molecular complexity index is 514. The fraction of sp³-hybridized carbons (Fsp3) is 0.231. The third kappa shape index (κ3) is 2.72. The van der Waals surface area contributed by atoms with Crippen LogP contribution in [0.25, 0.3) is 0 Å². The average Bonchev–Trinajstić information content (AvgIpc) is 2.77. The van der Waals surface area contributed by atoms with Gasteiger partial charge in [0.2, 0.25) is 0 Å². The molecule has 4 heteroatoms. The summed E-state index contributed by atoms with van der Waals surface area (Å²) in [6.07, 6.45) is 2.74. The van der Waals surface area contributed by atoms with Gasteiger partial charge in [-0.3, -0.25) is 9.48 Å². The zero-order valence-electron chi connectivity index (χ0n) is 9.97. The van der Waals surface area contributed by atoms with E-state index in [0.29, 0.717) is 5.69 Å². The van der Waals surface area contributed by atoms with Gasteiger partial charge >= 0.3 is 0 Å². The molecule has 0 saturated carbocycles. The average molecular weight is 229 g/mol. The predicted octanol–water partition coefficient (Wildman–Crippen LogP) is 2.23. The second-order valence-electron chi connectivity index (χ2n) is 3.88. The second kappa shape index (κ2) is 4.82. The minimum atomic E-state index is -0.185. The molecular formula is C13H15N3O. The quantitative estimate of drug-likeness (QED) is 0.877. The number of amides is 1. The molecule has 0 fully saturated rings. The molecule has 0 aliphatic rings. The van der Waals surface area contributed by atoms with Crippen molar-refractivity contribution in [3.63, 3.8) is 0 Å². The molecule has 1 N–H and O–H groups in total. The van der Waals surface area contributed by atoms with Crippen molar-refractivity contribution in [3.8, 4) is 0 Å². The summed E-state index contributed by atoms with van der Waals surface area (Å²) in [5.74, 6) is -0.185. The maximum Gasteiger partial charge on any atom is 0.276 e. The summed E-state index contributed by atoms with van der Waals surface area (Å²) in [5.41, 5.74) is 2.46. The van der Waals surface area contributed by atoms with Gasteiger partial charge in [0.1, 0.15) is 0 Å². The van der Waals surface area contributed by atoms with E-state index in [2.05, 4.69) is 17.3 Å². The molecule has 1 amide bonds. The number of aryl methyl sites for hydroxylation is 2. The molecule has 0 bridgehead atoms. The van der Waals surface area contributed by atoms with Crippen LogP contribution in [0.1, 0.15) is 23.0 Å². The van der Waals surface area contributed by atoms with Crippen LogP contribution >= 0.6 is 0 Å². The summed E-state index contributed by atoms with van der Waals surface area (Å²) >= 11 is 0. The number of carbonyl (C=O) groups is 1. The normalized spacial score (nSPS) is 10.2. The number of nitrogens with zero attached hydrogens (tertiary/aromatic N) is 2. The van der Waals surface area contributed by atoms with Crippen molar-refractivity contribution < 1.29 is 4.79 Å². The Morgan fingerprint density at radius 2 is 2.00 bits per heavy atom. The zero-order chi connectivity index (χ0) is 12.3. The van der Waals surface area contributed by atoms with E-state index in [1.165, 1.54) is 5.56 Å². The lowest BCUT2D eigenvalue weighted by Gasteiger charge is -2.03. The van der Waals surface area contributed by atoms with Crippen LogP contribution in [0.5, 0.6) is 0 Å². The lowest BCUT2D eigenvalue weighted by Crippen LogP contribution is -2.12. The van der Waals surface area contributed by atoms with Gasteiger partial charge in [-0.15, -0.1) is 0 Å². The van der Waals surface area contributed by atoms with Crippen LogP contribution in [0, 0.1) is 0 Å². The largest absolute Gasteiger partial charge is 0.321 e. The molecule has 88 valence electrons. The van der Waals surface area contributed by atoms with Crippen LogP contribution in [0.3, 0.4) is 0 Å². The molecule has 0 spiro atoms. The van der Waals surface area contributed by atoms with E-state index < -0.39 is 0 Å². The van der Waals surface area contributed by atoms with Crippen molar-refractivity contribution >= 4 is 11.6 Å². The Hall–Kier alpha value is -2.10. The van der Waals surface area contributed by atoms with Crippen molar-refractivity contribution in [1.82, 2.24) is 9.78 Å². The van der Waals surface area contributed by atoms with Crippen molar-refractivity contribution in [2.24, 2.45) is 7.05 Å². The molecule has 1 aromatic heterocycles. The number of nitrogens with one attached hydrogen (secondary N) is 1. The van der Waals surface area contributed by atoms with Crippen LogP contribution in [-0.2, 0) is 13.5 Å². The number of hydrogen-bond acceptors (Lipinski definition) is 2. The number of benzene rings is 1. The molecule has 1 heterocycles. The predicted molar refractivity (Wildman–Crippen MR) is 67.0 cm³/mol. The second-order valence-corrected chi connectivity index (χ2v) is 3.88. The summed E-state index contributed by atoms with van der Waals surface area (Å²) in [5, 5.41) is 6.85. The van der Waals surface area contributed by atoms with Crippen LogP contribution in [0.15, 0.2) is 36.5 Å². The Morgan fingerprint density at radius 1 is 1.29 bits per heavy atom. The van der Waals surface area contributed by atoms with E-state index >= 15 is 0 Å². The van der Waals surface area contributed by atoms with Crippen LogP contribution in [-0.4, -0.2) is 15.7 Å². The summed E-state index contributed by atoms with van der Waals surface area (Å²) in [7, 11) is 1.78. The zero-order valence-corrected chi connectivity index (χ0v) is 9.97. The molecule has 0 atom stereocenters. The number of anilines is 1. The topological polar surface area (TPSA) is 46.9 Å². The first-order valence-corrected chi connectivity index (χ1v) is 5.59. The van der Waals surface area contributed by atoms with Crippen molar-refractivity contribution in [2.75, 3.05) is 5.32 Å². The van der Waals surface area contributed by atoms with Gasteiger partial charge in [0.15, 0.2) is 5.69 Å². The van der Waals surface area contributed by atoms with E-state index in [-0.39, 0.29) is 5.91 Å². The molecular weight excluding hydrogens is 214 g/mol. The van der Waals surface area contributed by atoms with Gasteiger partial charge in [0.25, 0.3) is 5.91 Å². The monoisotopic (exact) mass is 229 g/mol. The van der Waals surface area contributed by atoms with Gasteiger partial charge in [-0.2, -0.15) is 5.10 Å². The van der Waals surface area contributed by atoms with E-state index in [0.717, 1.165) is 12.1 Å². The summed E-state index contributed by atoms with van der Waals surface area (Å²) < 4.78 is 1.61. The van der Waals surface area contributed by atoms with Crippen molar-refractivity contribution in [3.05, 3.63) is 47.8 Å². The highest BCUT2D eigenvalue weighted by Gasteiger charge is 2.08. The Morgan fingerprint density at radius 3 is 2.53 bits per heavy atom. The fourth-order valence-corrected chi connectivity index (χ4v) is 1.56. The van der Waals surface area contributed by atoms with Gasteiger partial charge in [0, 0.05) is 18.9 Å². The lowest BCUT2D eigenvalue weighted by atomic mass is 10.1. The highest BCUT2D eigenvalue weighted by atomic mass is 16.1. The Kier molecular flexibility index (Phi) is 3.23. The van der Waals surface area contributed by atoms with Gasteiger partial charge < -0.3 is 5.32 Å². The van der Waals surface area contributed by atoms with E-state index in [9.17, 15) is 4.79 Å². The molecule has 2 aromatic rings. The van der Waals surface area contributed by atoms with E-state index in [4.69, 9.17) is 0 Å². The highest BCUT2D eigenvalue weighted by Crippen LogP contribution is 2.11. The van der Waals surface area contributed by atoms with Crippen molar-refractivity contribution in [2.45, 2.75) is 13.3 Å². The summed E-state index contributed by atoms with van der Waals surface area (Å²) in [6.45, 7) is 2.10. The number of hydrogen-bond donors (Lipinski definition) is 1. The van der Waals surface area contributed by atoms with Gasteiger partial charge in [0.05, 0.1) is 0 Å². The highest BCUT2D eigenvalue weighted by molar-refractivity contribution is 6.02. The molecule has 0 unspecified atom stereocenters. The molecule has 2 rings (SSSR count). The molecule has 1 aromatic carbocycles. The number of rotatable bonds is 3. The number of aromatic nitrogens is 2. The SMILES string of the molecule is CCc1ccc(NC(=O)c2ccn(C)n2)cc1. The standard InChI is InChI=1S/C13H15N3O/c1-3-10-4-6-11(7-5-10)14-13(17)12-8-9-16(2)15-12/h4-9H,3H2,1-2H3,(H,14,17). The maximum absolute atomic E-state index is 11.8. The smallest absolute Gasteiger partial charge is 0.276 e. The Balaban J connectivity index is 2.07. The maximum atomic E-state index is 11.8. The third-order valence-electron chi connectivity index (χ3n) is 2.57. The molecule has 0 saturated heterocycles. The first kappa shape index (κ1) is 11.4. The molecule has 0 aliphatic heterocycles. The van der Waals surface area contributed by atoms with E-state index in [1.807, 2.05) is 24.3 Å². The van der Waals surface area contributed by atoms with E-state index in [1.54, 1.807) is 24.0 Å². The van der Waals surface area contributed by atoms with Gasteiger partial charge in [-0.1, -0.05) is 19.1 Å². The van der Waals surface area contributed by atoms with Gasteiger partial charge in [-0.05, 0) is 30.2 Å². The minimum Gasteiger partial charge on any atom is -0.321 e. The van der Waals surface area contributed by atoms with Crippen LogP contribution in [0.2, 0.25) is 0 Å².